The van der Waals surface area contributed by atoms with Gasteiger partial charge in [0, 0.05) is 31.1 Å². The van der Waals surface area contributed by atoms with Crippen LogP contribution in [0, 0.1) is 0 Å². The third kappa shape index (κ3) is 3.81. The van der Waals surface area contributed by atoms with Crippen molar-refractivity contribution in [3.63, 3.8) is 0 Å². The van der Waals surface area contributed by atoms with Crippen molar-refractivity contribution in [2.75, 3.05) is 0 Å². The lowest BCUT2D eigenvalue weighted by atomic mass is 9.84. The maximum absolute atomic E-state index is 6.33. The summed E-state index contributed by atoms with van der Waals surface area (Å²) in [5.74, 6) is 0.905. The molecule has 0 fully saturated rings. The van der Waals surface area contributed by atoms with E-state index >= 15 is 0 Å². The van der Waals surface area contributed by atoms with E-state index in [1.165, 1.54) is 74.7 Å². The van der Waals surface area contributed by atoms with Crippen molar-refractivity contribution in [2.24, 2.45) is 0 Å². The summed E-state index contributed by atoms with van der Waals surface area (Å²) in [7, 11) is 0. The summed E-state index contributed by atoms with van der Waals surface area (Å²) in [6.45, 7) is 0. The van der Waals surface area contributed by atoms with Crippen LogP contribution >= 0.6 is 11.3 Å². The predicted molar refractivity (Wildman–Crippen MR) is 198 cm³/mol. The highest BCUT2D eigenvalue weighted by molar-refractivity contribution is 7.25. The lowest BCUT2D eigenvalue weighted by Gasteiger charge is -2.19. The van der Waals surface area contributed by atoms with E-state index in [-0.39, 0.29) is 0 Å². The first-order chi connectivity index (χ1) is 22.8. The fourth-order valence-corrected chi connectivity index (χ4v) is 8.48. The van der Waals surface area contributed by atoms with Crippen LogP contribution in [0.15, 0.2) is 162 Å². The molecular formula is C44H26OS. The number of rotatable bonds is 3. The molecule has 214 valence electrons. The van der Waals surface area contributed by atoms with E-state index in [4.69, 9.17) is 4.42 Å². The SMILES string of the molecule is c1ccc(-c2cc3cc4c(cc3o2)sc2ccc(-c3c5ccccc5c(-c5cccc6ccccc56)c5ccccc35)cc24)cc1. The van der Waals surface area contributed by atoms with Crippen LogP contribution in [0.1, 0.15) is 0 Å². The summed E-state index contributed by atoms with van der Waals surface area (Å²) in [5, 5.41) is 11.3. The Morgan fingerprint density at radius 3 is 1.76 bits per heavy atom. The molecule has 0 N–H and O–H groups in total. The van der Waals surface area contributed by atoms with Crippen LogP contribution in [0.5, 0.6) is 0 Å². The molecule has 0 bridgehead atoms. The monoisotopic (exact) mass is 602 g/mol. The first-order valence-electron chi connectivity index (χ1n) is 15.7. The Kier molecular flexibility index (Phi) is 5.51. The van der Waals surface area contributed by atoms with Gasteiger partial charge in [-0.2, -0.15) is 0 Å². The Morgan fingerprint density at radius 2 is 1.00 bits per heavy atom. The van der Waals surface area contributed by atoms with Crippen molar-refractivity contribution in [1.82, 2.24) is 0 Å². The van der Waals surface area contributed by atoms with Gasteiger partial charge < -0.3 is 4.42 Å². The van der Waals surface area contributed by atoms with E-state index in [0.29, 0.717) is 0 Å². The molecule has 8 aromatic carbocycles. The predicted octanol–water partition coefficient (Wildman–Crippen LogP) is 13.3. The van der Waals surface area contributed by atoms with E-state index < -0.39 is 0 Å². The van der Waals surface area contributed by atoms with Gasteiger partial charge in [0.1, 0.15) is 11.3 Å². The Bertz CT molecular complexity index is 2740. The summed E-state index contributed by atoms with van der Waals surface area (Å²) < 4.78 is 8.86. The zero-order chi connectivity index (χ0) is 30.2. The lowest BCUT2D eigenvalue weighted by molar-refractivity contribution is 0.632. The molecule has 10 rings (SSSR count). The standard InChI is InChI=1S/C44H26OS/c1-2-12-28(13-3-1)39-25-30-24-38-37-23-29(21-22-41(37)46-42(38)26-40(30)45-39)43-33-16-6-8-18-35(33)44(36-19-9-7-17-34(36)43)32-20-10-14-27-11-4-5-15-31(27)32/h1-26H. The Morgan fingerprint density at radius 1 is 0.370 bits per heavy atom. The van der Waals surface area contributed by atoms with E-state index in [9.17, 15) is 0 Å². The van der Waals surface area contributed by atoms with Gasteiger partial charge in [0.2, 0.25) is 0 Å². The molecule has 2 heterocycles. The molecule has 0 radical (unpaired) electrons. The van der Waals surface area contributed by atoms with Crippen LogP contribution in [0.4, 0.5) is 0 Å². The first kappa shape index (κ1) is 25.6. The van der Waals surface area contributed by atoms with Gasteiger partial charge in [0.05, 0.1) is 0 Å². The van der Waals surface area contributed by atoms with Crippen LogP contribution in [0.2, 0.25) is 0 Å². The molecule has 10 aromatic rings. The fraction of sp³-hybridized carbons (Fsp3) is 0. The van der Waals surface area contributed by atoms with Crippen molar-refractivity contribution in [1.29, 1.82) is 0 Å². The van der Waals surface area contributed by atoms with Gasteiger partial charge in [0.15, 0.2) is 0 Å². The molecule has 0 aliphatic rings. The Hall–Kier alpha value is -5.70. The average Bonchev–Trinajstić information content (AvgIpc) is 3.70. The second-order valence-electron chi connectivity index (χ2n) is 12.0. The topological polar surface area (TPSA) is 13.1 Å². The van der Waals surface area contributed by atoms with Crippen LogP contribution in [-0.2, 0) is 0 Å². The highest BCUT2D eigenvalue weighted by Crippen LogP contribution is 2.47. The van der Waals surface area contributed by atoms with E-state index in [1.54, 1.807) is 0 Å². The molecule has 1 nitrogen and oxygen atoms in total. The quantitative estimate of drug-likeness (QED) is 0.183. The van der Waals surface area contributed by atoms with Crippen molar-refractivity contribution in [3.8, 4) is 33.6 Å². The minimum Gasteiger partial charge on any atom is -0.456 e. The summed E-state index contributed by atoms with van der Waals surface area (Å²) in [6, 6.07) is 57.3. The van der Waals surface area contributed by atoms with Crippen molar-refractivity contribution < 1.29 is 4.42 Å². The number of fused-ring (bicyclic) bond motifs is 7. The van der Waals surface area contributed by atoms with Gasteiger partial charge in [-0.3, -0.25) is 0 Å². The molecular weight excluding hydrogens is 577 g/mol. The Labute approximate surface area is 269 Å². The lowest BCUT2D eigenvalue weighted by Crippen LogP contribution is -1.91. The molecule has 0 saturated heterocycles. The van der Waals surface area contributed by atoms with Crippen molar-refractivity contribution in [3.05, 3.63) is 158 Å². The van der Waals surface area contributed by atoms with Crippen LogP contribution in [0.25, 0.3) is 97.0 Å². The maximum atomic E-state index is 6.33. The molecule has 0 amide bonds. The molecule has 0 atom stereocenters. The van der Waals surface area contributed by atoms with Crippen molar-refractivity contribution in [2.45, 2.75) is 0 Å². The normalized spacial score (nSPS) is 11.9. The average molecular weight is 603 g/mol. The Balaban J connectivity index is 1.23. The van der Waals surface area contributed by atoms with Crippen LogP contribution < -0.4 is 0 Å². The van der Waals surface area contributed by atoms with Gasteiger partial charge >= 0.3 is 0 Å². The largest absolute Gasteiger partial charge is 0.456 e. The van der Waals surface area contributed by atoms with Crippen LogP contribution in [0.3, 0.4) is 0 Å². The second kappa shape index (κ2) is 9.90. The van der Waals surface area contributed by atoms with Gasteiger partial charge in [-0.15, -0.1) is 11.3 Å². The minimum atomic E-state index is 0.905. The fourth-order valence-electron chi connectivity index (χ4n) is 7.38. The summed E-state index contributed by atoms with van der Waals surface area (Å²) in [5.41, 5.74) is 7.12. The minimum absolute atomic E-state index is 0.905. The van der Waals surface area contributed by atoms with Crippen molar-refractivity contribution >= 4 is 74.8 Å². The molecule has 2 heteroatoms. The first-order valence-corrected chi connectivity index (χ1v) is 16.5. The summed E-state index contributed by atoms with van der Waals surface area (Å²) in [4.78, 5) is 0. The molecule has 0 aliphatic carbocycles. The molecule has 0 spiro atoms. The smallest absolute Gasteiger partial charge is 0.136 e. The van der Waals surface area contributed by atoms with Gasteiger partial charge in [0.25, 0.3) is 0 Å². The number of furan rings is 1. The third-order valence-corrected chi connectivity index (χ3v) is 10.6. The molecule has 0 unspecified atom stereocenters. The molecule has 0 saturated carbocycles. The summed E-state index contributed by atoms with van der Waals surface area (Å²) >= 11 is 1.83. The zero-order valence-electron chi connectivity index (χ0n) is 24.8. The number of benzene rings is 8. The molecule has 0 aliphatic heterocycles. The molecule has 46 heavy (non-hydrogen) atoms. The van der Waals surface area contributed by atoms with Crippen LogP contribution in [-0.4, -0.2) is 0 Å². The van der Waals surface area contributed by atoms with Gasteiger partial charge in [-0.1, -0.05) is 127 Å². The van der Waals surface area contributed by atoms with Gasteiger partial charge in [-0.05, 0) is 84.9 Å². The molecule has 2 aromatic heterocycles. The highest BCUT2D eigenvalue weighted by atomic mass is 32.1. The maximum Gasteiger partial charge on any atom is 0.136 e. The van der Waals surface area contributed by atoms with Gasteiger partial charge in [-0.25, -0.2) is 0 Å². The highest BCUT2D eigenvalue weighted by Gasteiger charge is 2.19. The second-order valence-corrected chi connectivity index (χ2v) is 13.1. The zero-order valence-corrected chi connectivity index (χ0v) is 25.6. The van der Waals surface area contributed by atoms with E-state index in [0.717, 1.165) is 22.3 Å². The number of hydrogen-bond donors (Lipinski definition) is 0. The third-order valence-electron chi connectivity index (χ3n) is 9.45. The summed E-state index contributed by atoms with van der Waals surface area (Å²) in [6.07, 6.45) is 0. The number of thiophene rings is 1. The van der Waals surface area contributed by atoms with E-state index in [1.807, 2.05) is 17.4 Å². The van der Waals surface area contributed by atoms with E-state index in [2.05, 4.69) is 152 Å². The number of hydrogen-bond acceptors (Lipinski definition) is 2.